The molecule has 0 aromatic heterocycles. The third kappa shape index (κ3) is 3.82. The first-order valence-corrected chi connectivity index (χ1v) is 6.51. The summed E-state index contributed by atoms with van der Waals surface area (Å²) in [6, 6.07) is 11.6. The van der Waals surface area contributed by atoms with Crippen LogP contribution < -0.4 is 16.4 Å². The van der Waals surface area contributed by atoms with E-state index in [1.165, 1.54) is 5.56 Å². The smallest absolute Gasteiger partial charge is 0.316 e. The summed E-state index contributed by atoms with van der Waals surface area (Å²) in [7, 11) is 0. The van der Waals surface area contributed by atoms with E-state index in [2.05, 4.69) is 10.6 Å². The van der Waals surface area contributed by atoms with Crippen molar-refractivity contribution >= 4 is 23.3 Å². The number of carbonyl (C=O) groups excluding carboxylic acids is 2. The molecule has 0 bridgehead atoms. The Morgan fingerprint density at radius 1 is 0.857 bits per heavy atom. The highest BCUT2D eigenvalue weighted by molar-refractivity contribution is 6.04. The summed E-state index contributed by atoms with van der Waals surface area (Å²) in [5.74, 6) is -0.205. The third-order valence-corrected chi connectivity index (χ3v) is 3.18. The average Bonchev–Trinajstić information content (AvgIpc) is 2.43. The van der Waals surface area contributed by atoms with Gasteiger partial charge in [0.25, 0.3) is 5.91 Å². The topological polar surface area (TPSA) is 84.2 Å². The normalized spacial score (nSPS) is 10.0. The fraction of sp³-hybridized carbons (Fsp3) is 0.125. The molecule has 0 heterocycles. The molecule has 5 nitrogen and oxygen atoms in total. The maximum atomic E-state index is 12.1. The van der Waals surface area contributed by atoms with Gasteiger partial charge in [0.1, 0.15) is 0 Å². The van der Waals surface area contributed by atoms with E-state index in [1.54, 1.807) is 24.3 Å². The minimum Gasteiger partial charge on any atom is -0.351 e. The second-order valence-electron chi connectivity index (χ2n) is 4.82. The highest BCUT2D eigenvalue weighted by Gasteiger charge is 2.07. The van der Waals surface area contributed by atoms with Gasteiger partial charge in [-0.05, 0) is 61.4 Å². The van der Waals surface area contributed by atoms with Crippen molar-refractivity contribution in [3.63, 3.8) is 0 Å². The number of benzene rings is 2. The first-order chi connectivity index (χ1) is 9.95. The Hall–Kier alpha value is -2.82. The molecule has 2 aromatic carbocycles. The quantitative estimate of drug-likeness (QED) is 0.808. The van der Waals surface area contributed by atoms with Gasteiger partial charge < -0.3 is 16.4 Å². The molecule has 21 heavy (non-hydrogen) atoms. The molecular weight excluding hydrogens is 266 g/mol. The second-order valence-corrected chi connectivity index (χ2v) is 4.82. The number of hydrogen-bond donors (Lipinski definition) is 3. The van der Waals surface area contributed by atoms with Crippen LogP contribution in [0.2, 0.25) is 0 Å². The zero-order valence-electron chi connectivity index (χ0n) is 11.9. The van der Waals surface area contributed by atoms with Gasteiger partial charge >= 0.3 is 6.03 Å². The summed E-state index contributed by atoms with van der Waals surface area (Å²) in [5, 5.41) is 5.28. The Morgan fingerprint density at radius 2 is 1.48 bits per heavy atom. The van der Waals surface area contributed by atoms with Crippen LogP contribution in [0.4, 0.5) is 16.2 Å². The van der Waals surface area contributed by atoms with Crippen LogP contribution in [0.25, 0.3) is 0 Å². The highest BCUT2D eigenvalue weighted by Crippen LogP contribution is 2.16. The molecule has 0 radical (unpaired) electrons. The minimum atomic E-state index is -0.637. The van der Waals surface area contributed by atoms with Crippen molar-refractivity contribution in [2.75, 3.05) is 10.6 Å². The molecule has 3 amide bonds. The third-order valence-electron chi connectivity index (χ3n) is 3.18. The van der Waals surface area contributed by atoms with Crippen molar-refractivity contribution in [3.8, 4) is 0 Å². The molecule has 2 rings (SSSR count). The van der Waals surface area contributed by atoms with Crippen molar-refractivity contribution in [2.45, 2.75) is 13.8 Å². The molecule has 0 fully saturated rings. The molecule has 2 aromatic rings. The van der Waals surface area contributed by atoms with Crippen molar-refractivity contribution < 1.29 is 9.59 Å². The molecule has 0 spiro atoms. The monoisotopic (exact) mass is 283 g/mol. The van der Waals surface area contributed by atoms with Crippen LogP contribution in [0.3, 0.4) is 0 Å². The Kier molecular flexibility index (Phi) is 4.23. The fourth-order valence-corrected chi connectivity index (χ4v) is 1.87. The van der Waals surface area contributed by atoms with Crippen LogP contribution in [0, 0.1) is 13.8 Å². The Labute approximate surface area is 123 Å². The fourth-order valence-electron chi connectivity index (χ4n) is 1.87. The molecule has 0 saturated heterocycles. The van der Waals surface area contributed by atoms with E-state index in [-0.39, 0.29) is 5.91 Å². The standard InChI is InChI=1S/C16H17N3O2/c1-10-3-6-14(9-11(10)2)18-15(20)12-4-7-13(8-5-12)19-16(17)21/h3-9H,1-2H3,(H,18,20)(H3,17,19,21). The van der Waals surface area contributed by atoms with Crippen LogP contribution in [0.5, 0.6) is 0 Å². The molecule has 108 valence electrons. The number of hydrogen-bond acceptors (Lipinski definition) is 2. The van der Waals surface area contributed by atoms with Gasteiger partial charge in [-0.1, -0.05) is 6.07 Å². The number of carbonyl (C=O) groups is 2. The van der Waals surface area contributed by atoms with Crippen molar-refractivity contribution in [1.29, 1.82) is 0 Å². The lowest BCUT2D eigenvalue weighted by Crippen LogP contribution is -2.19. The molecular formula is C16H17N3O2. The van der Waals surface area contributed by atoms with E-state index in [4.69, 9.17) is 5.73 Å². The van der Waals surface area contributed by atoms with Crippen molar-refractivity contribution in [1.82, 2.24) is 0 Å². The number of amides is 3. The lowest BCUT2D eigenvalue weighted by molar-refractivity contribution is 0.102. The molecule has 5 heteroatoms. The Bertz CT molecular complexity index is 678. The van der Waals surface area contributed by atoms with Crippen LogP contribution in [0.1, 0.15) is 21.5 Å². The molecule has 0 aliphatic rings. The summed E-state index contributed by atoms with van der Waals surface area (Å²) in [4.78, 5) is 22.8. The Balaban J connectivity index is 2.09. The summed E-state index contributed by atoms with van der Waals surface area (Å²) >= 11 is 0. The van der Waals surface area contributed by atoms with Crippen LogP contribution in [-0.4, -0.2) is 11.9 Å². The van der Waals surface area contributed by atoms with Gasteiger partial charge in [0.05, 0.1) is 0 Å². The number of urea groups is 1. The number of primary amides is 1. The number of aryl methyl sites for hydroxylation is 2. The number of nitrogens with two attached hydrogens (primary N) is 1. The summed E-state index contributed by atoms with van der Waals surface area (Å²) < 4.78 is 0. The van der Waals surface area contributed by atoms with Gasteiger partial charge in [0.15, 0.2) is 0 Å². The maximum absolute atomic E-state index is 12.1. The number of anilines is 2. The maximum Gasteiger partial charge on any atom is 0.316 e. The van der Waals surface area contributed by atoms with Gasteiger partial charge in [-0.2, -0.15) is 0 Å². The number of nitrogens with one attached hydrogen (secondary N) is 2. The predicted molar refractivity (Wildman–Crippen MR) is 83.5 cm³/mol. The van der Waals surface area contributed by atoms with Gasteiger partial charge in [-0.15, -0.1) is 0 Å². The van der Waals surface area contributed by atoms with Gasteiger partial charge in [0, 0.05) is 16.9 Å². The average molecular weight is 283 g/mol. The number of rotatable bonds is 3. The highest BCUT2D eigenvalue weighted by atomic mass is 16.2. The van der Waals surface area contributed by atoms with Crippen molar-refractivity contribution in [3.05, 3.63) is 59.2 Å². The van der Waals surface area contributed by atoms with Crippen molar-refractivity contribution in [2.24, 2.45) is 5.73 Å². The van der Waals surface area contributed by atoms with E-state index in [0.29, 0.717) is 11.3 Å². The molecule has 0 saturated carbocycles. The summed E-state index contributed by atoms with van der Waals surface area (Å²) in [6.45, 7) is 4.01. The molecule has 0 aliphatic carbocycles. The van der Waals surface area contributed by atoms with Crippen LogP contribution in [0.15, 0.2) is 42.5 Å². The first kappa shape index (κ1) is 14.6. The van der Waals surface area contributed by atoms with E-state index in [9.17, 15) is 9.59 Å². The predicted octanol–water partition coefficient (Wildman–Crippen LogP) is 3.05. The first-order valence-electron chi connectivity index (χ1n) is 6.51. The zero-order chi connectivity index (χ0) is 15.4. The van der Waals surface area contributed by atoms with Crippen LogP contribution >= 0.6 is 0 Å². The molecule has 0 aliphatic heterocycles. The van der Waals surface area contributed by atoms with Gasteiger partial charge in [-0.3, -0.25) is 4.79 Å². The van der Waals surface area contributed by atoms with Crippen LogP contribution in [-0.2, 0) is 0 Å². The molecule has 0 unspecified atom stereocenters. The zero-order valence-corrected chi connectivity index (χ0v) is 11.9. The lowest BCUT2D eigenvalue weighted by atomic mass is 10.1. The lowest BCUT2D eigenvalue weighted by Gasteiger charge is -2.08. The van der Waals surface area contributed by atoms with Gasteiger partial charge in [0.2, 0.25) is 0 Å². The molecule has 4 N–H and O–H groups in total. The van der Waals surface area contributed by atoms with E-state index in [1.807, 2.05) is 32.0 Å². The summed E-state index contributed by atoms with van der Waals surface area (Å²) in [5.41, 5.74) is 9.12. The van der Waals surface area contributed by atoms with E-state index < -0.39 is 6.03 Å². The summed E-state index contributed by atoms with van der Waals surface area (Å²) in [6.07, 6.45) is 0. The Morgan fingerprint density at radius 3 is 2.05 bits per heavy atom. The minimum absolute atomic E-state index is 0.205. The van der Waals surface area contributed by atoms with E-state index >= 15 is 0 Å². The van der Waals surface area contributed by atoms with Gasteiger partial charge in [-0.25, -0.2) is 4.79 Å². The largest absolute Gasteiger partial charge is 0.351 e. The SMILES string of the molecule is Cc1ccc(NC(=O)c2ccc(NC(N)=O)cc2)cc1C. The van der Waals surface area contributed by atoms with E-state index in [0.717, 1.165) is 11.3 Å². The second kappa shape index (κ2) is 6.09. The molecule has 0 atom stereocenters.